The summed E-state index contributed by atoms with van der Waals surface area (Å²) in [5, 5.41) is 1.64. The van der Waals surface area contributed by atoms with Gasteiger partial charge in [-0.2, -0.15) is 4.72 Å². The maximum atomic E-state index is 13.6. The Morgan fingerprint density at radius 1 is 1.06 bits per heavy atom. The molecule has 2 N–H and O–H groups in total. The Bertz CT molecular complexity index is 1090. The summed E-state index contributed by atoms with van der Waals surface area (Å²) in [7, 11) is -6.14. The number of carbonyl (C=O) groups is 2. The minimum Gasteiger partial charge on any atom is -0.358 e. The van der Waals surface area contributed by atoms with Gasteiger partial charge in [0.15, 0.2) is 9.84 Å². The third kappa shape index (κ3) is 5.93. The molecule has 184 valence electrons. The van der Waals surface area contributed by atoms with Crippen LogP contribution in [0.25, 0.3) is 0 Å². The molecule has 0 unspecified atom stereocenters. The lowest BCUT2D eigenvalue weighted by molar-refractivity contribution is -0.140. The van der Waals surface area contributed by atoms with Crippen LogP contribution in [0.15, 0.2) is 29.2 Å². The van der Waals surface area contributed by atoms with Gasteiger partial charge in [0.2, 0.25) is 21.8 Å². The Kier molecular flexibility index (Phi) is 7.85. The first kappa shape index (κ1) is 25.6. The van der Waals surface area contributed by atoms with Crippen LogP contribution in [0.2, 0.25) is 0 Å². The number of sulfonamides is 1. The van der Waals surface area contributed by atoms with Crippen LogP contribution in [0.1, 0.15) is 50.5 Å². The predicted molar refractivity (Wildman–Crippen MR) is 125 cm³/mol. The van der Waals surface area contributed by atoms with Crippen molar-refractivity contribution in [3.63, 3.8) is 0 Å². The van der Waals surface area contributed by atoms with Gasteiger partial charge in [0.25, 0.3) is 0 Å². The second kappa shape index (κ2) is 10.1. The highest BCUT2D eigenvalue weighted by Gasteiger charge is 2.46. The smallest absolute Gasteiger partial charge is 0.243 e. The van der Waals surface area contributed by atoms with Gasteiger partial charge in [-0.05, 0) is 50.3 Å². The molecule has 1 aromatic rings. The maximum absolute atomic E-state index is 13.6. The van der Waals surface area contributed by atoms with E-state index in [1.54, 1.807) is 17.0 Å². The van der Waals surface area contributed by atoms with E-state index >= 15 is 0 Å². The van der Waals surface area contributed by atoms with Crippen molar-refractivity contribution >= 4 is 31.7 Å². The van der Waals surface area contributed by atoms with Gasteiger partial charge in [-0.1, -0.05) is 31.4 Å². The van der Waals surface area contributed by atoms with E-state index < -0.39 is 42.3 Å². The lowest BCUT2D eigenvalue weighted by Gasteiger charge is -2.42. The van der Waals surface area contributed by atoms with Gasteiger partial charge < -0.3 is 10.2 Å². The highest BCUT2D eigenvalue weighted by Crippen LogP contribution is 2.33. The van der Waals surface area contributed by atoms with Crippen molar-refractivity contribution in [2.75, 3.05) is 25.9 Å². The number of benzene rings is 1. The quantitative estimate of drug-likeness (QED) is 0.578. The zero-order valence-corrected chi connectivity index (χ0v) is 20.8. The number of nitrogens with one attached hydrogen (secondary N) is 2. The van der Waals surface area contributed by atoms with Crippen molar-refractivity contribution < 1.29 is 26.4 Å². The van der Waals surface area contributed by atoms with Gasteiger partial charge in [0, 0.05) is 20.1 Å². The first-order valence-corrected chi connectivity index (χ1v) is 14.5. The van der Waals surface area contributed by atoms with Gasteiger partial charge in [0.1, 0.15) is 11.3 Å². The number of piperidine rings is 1. The fraction of sp³-hybridized carbons (Fsp3) is 0.636. The molecule has 0 aromatic heterocycles. The molecular formula is C22H33N3O6S2. The summed E-state index contributed by atoms with van der Waals surface area (Å²) < 4.78 is 54.1. The molecule has 11 heteroatoms. The summed E-state index contributed by atoms with van der Waals surface area (Å²) in [6.07, 6.45) is 3.67. The van der Waals surface area contributed by atoms with Gasteiger partial charge in [-0.25, -0.2) is 16.8 Å². The Hall–Kier alpha value is -1.98. The van der Waals surface area contributed by atoms with Crippen LogP contribution in [0.4, 0.5) is 0 Å². The Morgan fingerprint density at radius 2 is 1.70 bits per heavy atom. The highest BCUT2D eigenvalue weighted by atomic mass is 32.2. The van der Waals surface area contributed by atoms with Crippen LogP contribution < -0.4 is 10.0 Å². The number of hydrogen-bond donors (Lipinski definition) is 2. The topological polar surface area (TPSA) is 130 Å². The van der Waals surface area contributed by atoms with Crippen LogP contribution in [0.5, 0.6) is 0 Å². The lowest BCUT2D eigenvalue weighted by atomic mass is 9.81. The van der Waals surface area contributed by atoms with Gasteiger partial charge in [0.05, 0.1) is 10.1 Å². The minimum atomic E-state index is -3.91. The first-order chi connectivity index (χ1) is 15.5. The second-order valence-electron chi connectivity index (χ2n) is 9.04. The number of aryl methyl sites for hydroxylation is 1. The monoisotopic (exact) mass is 499 g/mol. The SMILES string of the molecule is CNC(=O)CS(=O)(=O)C1CCN(C(=O)C2(NS(=O)(=O)c3cccc(C)c3)CCCCC2)CC1. The van der Waals surface area contributed by atoms with Crippen molar-refractivity contribution in [1.29, 1.82) is 0 Å². The van der Waals surface area contributed by atoms with Crippen molar-refractivity contribution in [2.45, 2.75) is 67.6 Å². The third-order valence-corrected chi connectivity index (χ3v) is 10.3. The van der Waals surface area contributed by atoms with E-state index in [1.807, 2.05) is 13.0 Å². The number of rotatable bonds is 7. The van der Waals surface area contributed by atoms with Gasteiger partial charge in [-0.15, -0.1) is 0 Å². The van der Waals surface area contributed by atoms with E-state index in [2.05, 4.69) is 10.0 Å². The third-order valence-electron chi connectivity index (χ3n) is 6.59. The summed E-state index contributed by atoms with van der Waals surface area (Å²) in [5.74, 6) is -1.41. The molecule has 1 saturated carbocycles. The summed E-state index contributed by atoms with van der Waals surface area (Å²) >= 11 is 0. The molecule has 1 aliphatic heterocycles. The molecule has 0 atom stereocenters. The number of sulfone groups is 1. The molecule has 1 saturated heterocycles. The van der Waals surface area contributed by atoms with E-state index in [0.717, 1.165) is 24.8 Å². The van der Waals surface area contributed by atoms with Crippen LogP contribution in [0.3, 0.4) is 0 Å². The van der Waals surface area contributed by atoms with Crippen LogP contribution in [-0.4, -0.2) is 70.2 Å². The standard InChI is InChI=1S/C22H33N3O6S2/c1-17-7-6-8-19(15-17)33(30,31)24-22(11-4-3-5-12-22)21(27)25-13-9-18(10-14-25)32(28,29)16-20(26)23-2/h6-8,15,18,24H,3-5,9-14,16H2,1-2H3,(H,23,26). The average Bonchev–Trinajstić information content (AvgIpc) is 2.78. The molecule has 1 aromatic carbocycles. The van der Waals surface area contributed by atoms with Gasteiger partial charge >= 0.3 is 0 Å². The molecule has 33 heavy (non-hydrogen) atoms. The molecule has 1 aliphatic carbocycles. The van der Waals surface area contributed by atoms with E-state index in [4.69, 9.17) is 0 Å². The van der Waals surface area contributed by atoms with E-state index in [0.29, 0.717) is 12.8 Å². The summed E-state index contributed by atoms with van der Waals surface area (Å²) in [6, 6.07) is 6.57. The Balaban J connectivity index is 1.76. The molecule has 2 amide bonds. The lowest BCUT2D eigenvalue weighted by Crippen LogP contribution is -2.61. The molecule has 0 radical (unpaired) electrons. The first-order valence-electron chi connectivity index (χ1n) is 11.3. The molecule has 1 heterocycles. The fourth-order valence-electron chi connectivity index (χ4n) is 4.71. The van der Waals surface area contributed by atoms with Crippen molar-refractivity contribution in [3.8, 4) is 0 Å². The number of amides is 2. The molecule has 0 bridgehead atoms. The molecule has 0 spiro atoms. The van der Waals surface area contributed by atoms with E-state index in [-0.39, 0.29) is 36.7 Å². The van der Waals surface area contributed by atoms with Crippen LogP contribution in [0, 0.1) is 6.92 Å². The second-order valence-corrected chi connectivity index (χ2v) is 13.0. The van der Waals surface area contributed by atoms with Crippen molar-refractivity contribution in [3.05, 3.63) is 29.8 Å². The number of hydrogen-bond acceptors (Lipinski definition) is 6. The zero-order chi connectivity index (χ0) is 24.3. The van der Waals surface area contributed by atoms with Crippen LogP contribution >= 0.6 is 0 Å². The molecule has 2 fully saturated rings. The largest absolute Gasteiger partial charge is 0.358 e. The van der Waals surface area contributed by atoms with E-state index in [9.17, 15) is 26.4 Å². The predicted octanol–water partition coefficient (Wildman–Crippen LogP) is 1.13. The normalized spacial score (nSPS) is 19.8. The summed E-state index contributed by atoms with van der Waals surface area (Å²) in [4.78, 5) is 26.9. The Morgan fingerprint density at radius 3 is 2.27 bits per heavy atom. The molecule has 2 aliphatic rings. The maximum Gasteiger partial charge on any atom is 0.243 e. The summed E-state index contributed by atoms with van der Waals surface area (Å²) in [5.41, 5.74) is -0.420. The van der Waals surface area contributed by atoms with Gasteiger partial charge in [-0.3, -0.25) is 9.59 Å². The molecule has 3 rings (SSSR count). The summed E-state index contributed by atoms with van der Waals surface area (Å²) in [6.45, 7) is 2.23. The highest BCUT2D eigenvalue weighted by molar-refractivity contribution is 7.92. The fourth-order valence-corrected chi connectivity index (χ4v) is 7.90. The Labute approximate surface area is 196 Å². The number of carbonyl (C=O) groups excluding carboxylic acids is 2. The number of nitrogens with zero attached hydrogens (tertiary/aromatic N) is 1. The minimum absolute atomic E-state index is 0.124. The van der Waals surface area contributed by atoms with Crippen LogP contribution in [-0.2, 0) is 29.4 Å². The average molecular weight is 500 g/mol. The van der Waals surface area contributed by atoms with E-state index in [1.165, 1.54) is 13.1 Å². The molecule has 9 nitrogen and oxygen atoms in total. The zero-order valence-electron chi connectivity index (χ0n) is 19.2. The van der Waals surface area contributed by atoms with Crippen molar-refractivity contribution in [2.24, 2.45) is 0 Å². The number of likely N-dealkylation sites (tertiary alicyclic amines) is 1. The van der Waals surface area contributed by atoms with Crippen molar-refractivity contribution in [1.82, 2.24) is 14.9 Å². The molecular weight excluding hydrogens is 466 g/mol.